The van der Waals surface area contributed by atoms with Crippen LogP contribution in [-0.2, 0) is 11.2 Å². The first-order valence-electron chi connectivity index (χ1n) is 7.89. The van der Waals surface area contributed by atoms with E-state index in [9.17, 15) is 9.59 Å². The number of nitrogens with one attached hydrogen (secondary N) is 2. The van der Waals surface area contributed by atoms with E-state index in [0.717, 1.165) is 17.3 Å². The molecule has 0 bridgehead atoms. The fourth-order valence-corrected chi connectivity index (χ4v) is 2.62. The normalized spacial score (nSPS) is 12.5. The summed E-state index contributed by atoms with van der Waals surface area (Å²) < 4.78 is 5.55. The lowest BCUT2D eigenvalue weighted by atomic mass is 10.1. The summed E-state index contributed by atoms with van der Waals surface area (Å²) in [5, 5.41) is 12.6. The summed E-state index contributed by atoms with van der Waals surface area (Å²) in [5.41, 5.74) is 0.645. The SMILES string of the molecule is C[C@H](Sc1nnc(Cc2ccccc2)o1)C(=O)NC(=O)NC(C)(C)C. The van der Waals surface area contributed by atoms with Gasteiger partial charge in [0.25, 0.3) is 5.22 Å². The second-order valence-corrected chi connectivity index (χ2v) is 7.87. The number of benzene rings is 1. The first kappa shape index (κ1) is 19.0. The van der Waals surface area contributed by atoms with Gasteiger partial charge in [0.2, 0.25) is 11.8 Å². The van der Waals surface area contributed by atoms with Crippen LogP contribution in [0.5, 0.6) is 0 Å². The van der Waals surface area contributed by atoms with Crippen molar-refractivity contribution in [1.29, 1.82) is 0 Å². The molecule has 0 fully saturated rings. The molecule has 2 N–H and O–H groups in total. The third-order valence-electron chi connectivity index (χ3n) is 3.02. The maximum atomic E-state index is 12.1. The lowest BCUT2D eigenvalue weighted by molar-refractivity contribution is -0.119. The molecule has 134 valence electrons. The number of hydrogen-bond acceptors (Lipinski definition) is 6. The van der Waals surface area contributed by atoms with Crippen molar-refractivity contribution in [3.8, 4) is 0 Å². The molecular weight excluding hydrogens is 340 g/mol. The molecule has 2 aromatic rings. The monoisotopic (exact) mass is 362 g/mol. The number of rotatable bonds is 5. The van der Waals surface area contributed by atoms with Gasteiger partial charge in [-0.3, -0.25) is 10.1 Å². The number of urea groups is 1. The molecule has 0 aliphatic carbocycles. The number of carbonyl (C=O) groups is 2. The van der Waals surface area contributed by atoms with E-state index >= 15 is 0 Å². The molecule has 0 saturated heterocycles. The van der Waals surface area contributed by atoms with Crippen molar-refractivity contribution in [3.63, 3.8) is 0 Å². The van der Waals surface area contributed by atoms with Gasteiger partial charge >= 0.3 is 6.03 Å². The highest BCUT2D eigenvalue weighted by atomic mass is 32.2. The lowest BCUT2D eigenvalue weighted by Crippen LogP contribution is -2.49. The minimum atomic E-state index is -0.546. The van der Waals surface area contributed by atoms with Gasteiger partial charge in [0.15, 0.2) is 0 Å². The van der Waals surface area contributed by atoms with Gasteiger partial charge in [-0.05, 0) is 33.3 Å². The zero-order valence-corrected chi connectivity index (χ0v) is 15.5. The molecule has 1 aromatic heterocycles. The number of carbonyl (C=O) groups excluding carboxylic acids is 2. The Morgan fingerprint density at radius 2 is 1.88 bits per heavy atom. The van der Waals surface area contributed by atoms with Crippen LogP contribution in [0.25, 0.3) is 0 Å². The maximum absolute atomic E-state index is 12.1. The van der Waals surface area contributed by atoms with E-state index in [-0.39, 0.29) is 0 Å². The summed E-state index contributed by atoms with van der Waals surface area (Å²) in [6, 6.07) is 9.24. The van der Waals surface area contributed by atoms with Crippen LogP contribution in [0.1, 0.15) is 39.1 Å². The van der Waals surface area contributed by atoms with Crippen LogP contribution in [0.15, 0.2) is 40.0 Å². The molecule has 1 atom stereocenters. The molecule has 0 aliphatic heterocycles. The van der Waals surface area contributed by atoms with Crippen molar-refractivity contribution in [2.75, 3.05) is 0 Å². The molecule has 7 nitrogen and oxygen atoms in total. The summed E-state index contributed by atoms with van der Waals surface area (Å²) in [5.74, 6) is 0.0568. The molecule has 3 amide bonds. The molecule has 0 spiro atoms. The van der Waals surface area contributed by atoms with Crippen LogP contribution >= 0.6 is 11.8 Å². The van der Waals surface area contributed by atoms with Gasteiger partial charge in [-0.15, -0.1) is 10.2 Å². The van der Waals surface area contributed by atoms with E-state index in [4.69, 9.17) is 4.42 Å². The Bertz CT molecular complexity index is 725. The highest BCUT2D eigenvalue weighted by Gasteiger charge is 2.22. The summed E-state index contributed by atoms with van der Waals surface area (Å²) in [7, 11) is 0. The molecule has 0 saturated carbocycles. The van der Waals surface area contributed by atoms with Crippen molar-refractivity contribution < 1.29 is 14.0 Å². The molecule has 0 unspecified atom stereocenters. The smallest absolute Gasteiger partial charge is 0.321 e. The summed E-state index contributed by atoms with van der Waals surface area (Å²) in [4.78, 5) is 23.8. The van der Waals surface area contributed by atoms with Gasteiger partial charge in [-0.2, -0.15) is 0 Å². The van der Waals surface area contributed by atoms with Gasteiger partial charge < -0.3 is 9.73 Å². The van der Waals surface area contributed by atoms with E-state index in [1.54, 1.807) is 6.92 Å². The minimum absolute atomic E-state index is 0.296. The first-order valence-corrected chi connectivity index (χ1v) is 8.77. The lowest BCUT2D eigenvalue weighted by Gasteiger charge is -2.20. The first-order chi connectivity index (χ1) is 11.7. The number of nitrogens with zero attached hydrogens (tertiary/aromatic N) is 2. The van der Waals surface area contributed by atoms with Crippen LogP contribution in [0, 0.1) is 0 Å². The van der Waals surface area contributed by atoms with Crippen molar-refractivity contribution >= 4 is 23.7 Å². The Kier molecular flexibility index (Phi) is 6.19. The number of thioether (sulfide) groups is 1. The van der Waals surface area contributed by atoms with Crippen molar-refractivity contribution in [1.82, 2.24) is 20.8 Å². The molecular formula is C17H22N4O3S. The topological polar surface area (TPSA) is 97.1 Å². The average Bonchev–Trinajstić information content (AvgIpc) is 2.93. The second-order valence-electron chi connectivity index (χ2n) is 6.58. The Morgan fingerprint density at radius 1 is 1.20 bits per heavy atom. The molecule has 8 heteroatoms. The fourth-order valence-electron chi connectivity index (χ4n) is 1.92. The van der Waals surface area contributed by atoms with Crippen molar-refractivity contribution in [3.05, 3.63) is 41.8 Å². The van der Waals surface area contributed by atoms with Crippen LogP contribution in [0.3, 0.4) is 0 Å². The molecule has 0 radical (unpaired) electrons. The van der Waals surface area contributed by atoms with E-state index in [1.165, 1.54) is 0 Å². The zero-order chi connectivity index (χ0) is 18.4. The van der Waals surface area contributed by atoms with E-state index in [2.05, 4.69) is 20.8 Å². The molecule has 1 heterocycles. The summed E-state index contributed by atoms with van der Waals surface area (Å²) >= 11 is 1.11. The molecule has 0 aliphatic rings. The van der Waals surface area contributed by atoms with Crippen LogP contribution in [0.2, 0.25) is 0 Å². The number of aromatic nitrogens is 2. The quantitative estimate of drug-likeness (QED) is 0.794. The van der Waals surface area contributed by atoms with E-state index < -0.39 is 22.7 Å². The maximum Gasteiger partial charge on any atom is 0.321 e. The van der Waals surface area contributed by atoms with E-state index in [1.807, 2.05) is 51.1 Å². The summed E-state index contributed by atoms with van der Waals surface area (Å²) in [6.07, 6.45) is 0.531. The van der Waals surface area contributed by atoms with Gasteiger partial charge in [-0.25, -0.2) is 4.79 Å². The van der Waals surface area contributed by atoms with Crippen molar-refractivity contribution in [2.45, 2.75) is 50.1 Å². The van der Waals surface area contributed by atoms with Crippen LogP contribution in [-0.4, -0.2) is 32.9 Å². The predicted molar refractivity (Wildman–Crippen MR) is 95.3 cm³/mol. The predicted octanol–water partition coefficient (Wildman–Crippen LogP) is 2.77. The van der Waals surface area contributed by atoms with Crippen LogP contribution in [0.4, 0.5) is 4.79 Å². The number of imide groups is 1. The van der Waals surface area contributed by atoms with Gasteiger partial charge in [0.05, 0.1) is 11.7 Å². The Labute approximate surface area is 151 Å². The molecule has 2 rings (SSSR count). The standard InChI is InChI=1S/C17H22N4O3S/c1-11(14(22)18-15(23)19-17(2,3)4)25-16-21-20-13(24-16)10-12-8-6-5-7-9-12/h5-9,11H,10H2,1-4H3,(H2,18,19,22,23)/t11-/m0/s1. The Morgan fingerprint density at radius 3 is 2.52 bits per heavy atom. The minimum Gasteiger partial charge on any atom is -0.416 e. The summed E-state index contributed by atoms with van der Waals surface area (Å²) in [6.45, 7) is 7.18. The Hall–Kier alpha value is -2.35. The third-order valence-corrected chi connectivity index (χ3v) is 3.95. The van der Waals surface area contributed by atoms with Gasteiger partial charge in [0, 0.05) is 5.54 Å². The van der Waals surface area contributed by atoms with Crippen LogP contribution < -0.4 is 10.6 Å². The third kappa shape index (κ3) is 6.58. The van der Waals surface area contributed by atoms with Crippen molar-refractivity contribution in [2.24, 2.45) is 0 Å². The molecule has 25 heavy (non-hydrogen) atoms. The molecule has 1 aromatic carbocycles. The highest BCUT2D eigenvalue weighted by Crippen LogP contribution is 2.22. The van der Waals surface area contributed by atoms with Gasteiger partial charge in [0.1, 0.15) is 0 Å². The number of hydrogen-bond donors (Lipinski definition) is 2. The fraction of sp³-hybridized carbons (Fsp3) is 0.412. The highest BCUT2D eigenvalue weighted by molar-refractivity contribution is 8.00. The largest absolute Gasteiger partial charge is 0.416 e. The second kappa shape index (κ2) is 8.15. The Balaban J connectivity index is 1.87. The number of amides is 3. The average molecular weight is 362 g/mol. The zero-order valence-electron chi connectivity index (χ0n) is 14.7. The van der Waals surface area contributed by atoms with E-state index in [0.29, 0.717) is 17.5 Å². The van der Waals surface area contributed by atoms with Gasteiger partial charge in [-0.1, -0.05) is 42.1 Å².